The van der Waals surface area contributed by atoms with Crippen LogP contribution in [0.25, 0.3) is 16.6 Å². The molecule has 1 aliphatic heterocycles. The first-order valence-electron chi connectivity index (χ1n) is 10.6. The summed E-state index contributed by atoms with van der Waals surface area (Å²) in [5.41, 5.74) is 2.96. The van der Waals surface area contributed by atoms with Crippen LogP contribution in [0.3, 0.4) is 0 Å². The number of imidazole rings is 1. The predicted octanol–water partition coefficient (Wildman–Crippen LogP) is 3.69. The molecule has 5 rings (SSSR count). The van der Waals surface area contributed by atoms with Crippen LogP contribution in [0.2, 0.25) is 0 Å². The summed E-state index contributed by atoms with van der Waals surface area (Å²) in [7, 11) is 0. The van der Waals surface area contributed by atoms with Gasteiger partial charge in [0, 0.05) is 37.0 Å². The van der Waals surface area contributed by atoms with Crippen molar-refractivity contribution in [3.05, 3.63) is 54.6 Å². The van der Waals surface area contributed by atoms with Gasteiger partial charge in [-0.1, -0.05) is 32.9 Å². The molecule has 154 valence electrons. The Hall–Kier alpha value is -3.22. The second-order valence-corrected chi connectivity index (χ2v) is 8.91. The zero-order valence-corrected chi connectivity index (χ0v) is 17.8. The molecule has 4 heterocycles. The molecule has 1 aromatic carbocycles. The Kier molecular flexibility index (Phi) is 4.53. The maximum absolute atomic E-state index is 4.86. The van der Waals surface area contributed by atoms with Gasteiger partial charge >= 0.3 is 0 Å². The van der Waals surface area contributed by atoms with Crippen molar-refractivity contribution in [1.82, 2.24) is 24.6 Å². The SMILES string of the molecule is CC(C)(C)c1cn2nc(N3CCCN(c4ncnc5ccccc45)CC3)ccc2n1. The van der Waals surface area contributed by atoms with Gasteiger partial charge in [-0.05, 0) is 30.7 Å². The molecule has 7 heteroatoms. The number of anilines is 2. The third kappa shape index (κ3) is 3.44. The first-order chi connectivity index (χ1) is 14.5. The van der Waals surface area contributed by atoms with E-state index in [9.17, 15) is 0 Å². The third-order valence-electron chi connectivity index (χ3n) is 5.72. The van der Waals surface area contributed by atoms with E-state index in [0.29, 0.717) is 0 Å². The Morgan fingerprint density at radius 2 is 1.67 bits per heavy atom. The van der Waals surface area contributed by atoms with E-state index in [1.165, 1.54) is 0 Å². The van der Waals surface area contributed by atoms with Gasteiger partial charge in [-0.15, -0.1) is 5.10 Å². The quantitative estimate of drug-likeness (QED) is 0.511. The summed E-state index contributed by atoms with van der Waals surface area (Å²) < 4.78 is 1.91. The molecule has 0 spiro atoms. The smallest absolute Gasteiger partial charge is 0.153 e. The van der Waals surface area contributed by atoms with Crippen LogP contribution in [0.1, 0.15) is 32.9 Å². The maximum atomic E-state index is 4.86. The van der Waals surface area contributed by atoms with Gasteiger partial charge in [0.2, 0.25) is 0 Å². The van der Waals surface area contributed by atoms with Crippen LogP contribution in [0.5, 0.6) is 0 Å². The molecule has 1 aliphatic rings. The van der Waals surface area contributed by atoms with Crippen LogP contribution >= 0.6 is 0 Å². The molecule has 7 nitrogen and oxygen atoms in total. The minimum Gasteiger partial charge on any atom is -0.354 e. The summed E-state index contributed by atoms with van der Waals surface area (Å²) in [4.78, 5) is 18.5. The Morgan fingerprint density at radius 1 is 0.867 bits per heavy atom. The van der Waals surface area contributed by atoms with Gasteiger partial charge in [-0.3, -0.25) is 0 Å². The van der Waals surface area contributed by atoms with Crippen molar-refractivity contribution in [3.8, 4) is 0 Å². The molecular weight excluding hydrogens is 374 g/mol. The molecule has 1 fully saturated rings. The van der Waals surface area contributed by atoms with Crippen LogP contribution in [-0.2, 0) is 5.41 Å². The monoisotopic (exact) mass is 401 g/mol. The van der Waals surface area contributed by atoms with Gasteiger partial charge < -0.3 is 9.80 Å². The van der Waals surface area contributed by atoms with E-state index >= 15 is 0 Å². The molecule has 0 atom stereocenters. The van der Waals surface area contributed by atoms with Gasteiger partial charge in [0.25, 0.3) is 0 Å². The lowest BCUT2D eigenvalue weighted by Crippen LogP contribution is -2.32. The molecule has 0 saturated carbocycles. The fraction of sp³-hybridized carbons (Fsp3) is 0.391. The Morgan fingerprint density at radius 3 is 2.53 bits per heavy atom. The maximum Gasteiger partial charge on any atom is 0.153 e. The van der Waals surface area contributed by atoms with Crippen LogP contribution in [0.4, 0.5) is 11.6 Å². The zero-order valence-electron chi connectivity index (χ0n) is 17.8. The number of fused-ring (bicyclic) bond motifs is 2. The average Bonchev–Trinajstić information content (AvgIpc) is 3.03. The predicted molar refractivity (Wildman–Crippen MR) is 120 cm³/mol. The third-order valence-corrected chi connectivity index (χ3v) is 5.72. The summed E-state index contributed by atoms with van der Waals surface area (Å²) in [6, 6.07) is 12.4. The van der Waals surface area contributed by atoms with Gasteiger partial charge in [-0.25, -0.2) is 19.5 Å². The number of nitrogens with zero attached hydrogens (tertiary/aromatic N) is 7. The highest BCUT2D eigenvalue weighted by Crippen LogP contribution is 2.25. The molecule has 0 amide bonds. The molecule has 0 radical (unpaired) electrons. The highest BCUT2D eigenvalue weighted by atomic mass is 15.3. The summed E-state index contributed by atoms with van der Waals surface area (Å²) >= 11 is 0. The second-order valence-electron chi connectivity index (χ2n) is 8.91. The van der Waals surface area contributed by atoms with E-state index in [2.05, 4.69) is 71.0 Å². The minimum absolute atomic E-state index is 0.0112. The molecular formula is C23H27N7. The molecule has 0 aliphatic carbocycles. The zero-order chi connectivity index (χ0) is 20.7. The van der Waals surface area contributed by atoms with E-state index in [0.717, 1.165) is 66.5 Å². The summed E-state index contributed by atoms with van der Waals surface area (Å²) in [5.74, 6) is 2.02. The van der Waals surface area contributed by atoms with Crippen molar-refractivity contribution >= 4 is 28.2 Å². The molecule has 0 N–H and O–H groups in total. The summed E-state index contributed by atoms with van der Waals surface area (Å²) in [6.45, 7) is 10.3. The molecule has 0 unspecified atom stereocenters. The molecule has 4 aromatic rings. The van der Waals surface area contributed by atoms with E-state index in [-0.39, 0.29) is 5.41 Å². The largest absolute Gasteiger partial charge is 0.354 e. The summed E-state index contributed by atoms with van der Waals surface area (Å²) in [5, 5.41) is 5.97. The number of rotatable bonds is 2. The van der Waals surface area contributed by atoms with Crippen LogP contribution < -0.4 is 9.80 Å². The number of hydrogen-bond acceptors (Lipinski definition) is 6. The molecule has 30 heavy (non-hydrogen) atoms. The lowest BCUT2D eigenvalue weighted by molar-refractivity contribution is 0.572. The Labute approximate surface area is 176 Å². The number of para-hydroxylation sites is 1. The van der Waals surface area contributed by atoms with Gasteiger partial charge in [-0.2, -0.15) is 0 Å². The van der Waals surface area contributed by atoms with E-state index in [4.69, 9.17) is 10.1 Å². The number of aromatic nitrogens is 5. The average molecular weight is 402 g/mol. The van der Waals surface area contributed by atoms with Crippen molar-refractivity contribution in [3.63, 3.8) is 0 Å². The van der Waals surface area contributed by atoms with E-state index < -0.39 is 0 Å². The lowest BCUT2D eigenvalue weighted by atomic mass is 9.93. The minimum atomic E-state index is 0.0112. The lowest BCUT2D eigenvalue weighted by Gasteiger charge is -2.24. The second kappa shape index (κ2) is 7.23. The Bertz CT molecular complexity index is 1190. The molecule has 0 bridgehead atoms. The van der Waals surface area contributed by atoms with Crippen molar-refractivity contribution in [2.24, 2.45) is 0 Å². The molecule has 3 aromatic heterocycles. The van der Waals surface area contributed by atoms with E-state index in [1.807, 2.05) is 16.6 Å². The van der Waals surface area contributed by atoms with Crippen molar-refractivity contribution in [2.45, 2.75) is 32.6 Å². The van der Waals surface area contributed by atoms with Crippen LogP contribution in [0.15, 0.2) is 48.9 Å². The van der Waals surface area contributed by atoms with Crippen LogP contribution in [0, 0.1) is 0 Å². The van der Waals surface area contributed by atoms with Gasteiger partial charge in [0.1, 0.15) is 18.0 Å². The first kappa shape index (κ1) is 18.8. The van der Waals surface area contributed by atoms with Crippen molar-refractivity contribution < 1.29 is 0 Å². The highest BCUT2D eigenvalue weighted by molar-refractivity contribution is 5.89. The standard InChI is InChI=1S/C23H27N7/c1-23(2,3)19-15-30-20(26-19)9-10-21(27-30)28-11-6-12-29(14-13-28)22-17-7-4-5-8-18(17)24-16-25-22/h4-5,7-10,15-16H,6,11-14H2,1-3H3. The molecule has 1 saturated heterocycles. The highest BCUT2D eigenvalue weighted by Gasteiger charge is 2.21. The number of benzene rings is 1. The Balaban J connectivity index is 1.39. The van der Waals surface area contributed by atoms with E-state index in [1.54, 1.807) is 6.33 Å². The van der Waals surface area contributed by atoms with Crippen molar-refractivity contribution in [2.75, 3.05) is 36.0 Å². The first-order valence-corrected chi connectivity index (χ1v) is 10.6. The fourth-order valence-corrected chi connectivity index (χ4v) is 4.00. The topological polar surface area (TPSA) is 62.5 Å². The van der Waals surface area contributed by atoms with Gasteiger partial charge in [0.15, 0.2) is 5.65 Å². The summed E-state index contributed by atoms with van der Waals surface area (Å²) in [6.07, 6.45) is 4.77. The van der Waals surface area contributed by atoms with Crippen molar-refractivity contribution in [1.29, 1.82) is 0 Å². The number of hydrogen-bond donors (Lipinski definition) is 0. The normalized spacial score (nSPS) is 15.7. The van der Waals surface area contributed by atoms with Gasteiger partial charge in [0.05, 0.1) is 17.4 Å². The fourth-order valence-electron chi connectivity index (χ4n) is 4.00. The van der Waals surface area contributed by atoms with Crippen LogP contribution in [-0.4, -0.2) is 50.7 Å².